The smallest absolute Gasteiger partial charge is 0.204 e. The zero-order valence-electron chi connectivity index (χ0n) is 12.4. The minimum absolute atomic E-state index is 0.307. The third kappa shape index (κ3) is 3.55. The van der Waals surface area contributed by atoms with E-state index in [0.29, 0.717) is 17.4 Å². The molecule has 0 atom stereocenters. The molecule has 0 spiro atoms. The van der Waals surface area contributed by atoms with Crippen molar-refractivity contribution in [2.75, 3.05) is 19.4 Å². The fourth-order valence-electron chi connectivity index (χ4n) is 2.35. The molecule has 0 radical (unpaired) electrons. The van der Waals surface area contributed by atoms with E-state index < -0.39 is 0 Å². The number of hydrogen-bond donors (Lipinski definition) is 2. The second-order valence-corrected chi connectivity index (χ2v) is 6.13. The number of rotatable bonds is 2. The second-order valence-electron chi connectivity index (χ2n) is 5.34. The second kappa shape index (κ2) is 6.92. The van der Waals surface area contributed by atoms with Gasteiger partial charge in [0.15, 0.2) is 5.58 Å². The lowest BCUT2D eigenvalue weighted by Gasteiger charge is -2.33. The highest BCUT2D eigenvalue weighted by Crippen LogP contribution is 2.35. The van der Waals surface area contributed by atoms with Crippen LogP contribution in [0.1, 0.15) is 25.5 Å². The Hall–Kier alpha value is -1.58. The van der Waals surface area contributed by atoms with E-state index in [0.717, 1.165) is 21.6 Å². The van der Waals surface area contributed by atoms with Gasteiger partial charge in [-0.25, -0.2) is 4.98 Å². The maximum Gasteiger partial charge on any atom is 0.204 e. The van der Waals surface area contributed by atoms with Gasteiger partial charge >= 0.3 is 0 Å². The van der Waals surface area contributed by atoms with Gasteiger partial charge < -0.3 is 15.1 Å². The largest absolute Gasteiger partial charge is 0.444 e. The lowest BCUT2D eigenvalue weighted by Crippen LogP contribution is -2.34. The Bertz CT molecular complexity index is 655. The minimum atomic E-state index is 0.307. The van der Waals surface area contributed by atoms with Crippen LogP contribution in [-0.4, -0.2) is 25.1 Å². The van der Waals surface area contributed by atoms with Crippen molar-refractivity contribution in [2.24, 2.45) is 5.92 Å². The van der Waals surface area contributed by atoms with Crippen molar-refractivity contribution in [3.8, 4) is 6.07 Å². The van der Waals surface area contributed by atoms with Gasteiger partial charge in [0.2, 0.25) is 5.76 Å². The van der Waals surface area contributed by atoms with E-state index in [2.05, 4.69) is 38.5 Å². The Morgan fingerprint density at radius 2 is 2.10 bits per heavy atom. The Morgan fingerprint density at radius 1 is 1.43 bits per heavy atom. The van der Waals surface area contributed by atoms with Crippen molar-refractivity contribution in [3.63, 3.8) is 0 Å². The summed E-state index contributed by atoms with van der Waals surface area (Å²) < 4.78 is 6.20. The first-order valence-electron chi connectivity index (χ1n) is 6.92. The molecule has 21 heavy (non-hydrogen) atoms. The Morgan fingerprint density at radius 3 is 2.67 bits per heavy atom. The van der Waals surface area contributed by atoms with Crippen LogP contribution < -0.4 is 10.6 Å². The molecule has 5 nitrogen and oxygen atoms in total. The zero-order valence-corrected chi connectivity index (χ0v) is 14.0. The summed E-state index contributed by atoms with van der Waals surface area (Å²) >= 11 is 3.53. The number of nitrogens with zero attached hydrogens (tertiary/aromatic N) is 2. The molecule has 112 valence electrons. The normalized spacial score (nSPS) is 20.1. The Balaban J connectivity index is 0.000000497. The lowest BCUT2D eigenvalue weighted by molar-refractivity contribution is 0.308. The van der Waals surface area contributed by atoms with Crippen molar-refractivity contribution >= 4 is 32.7 Å². The molecular weight excluding hydrogens is 332 g/mol. The van der Waals surface area contributed by atoms with E-state index in [9.17, 15) is 0 Å². The molecule has 2 aromatic heterocycles. The number of halogens is 1. The lowest BCUT2D eigenvalue weighted by atomic mass is 9.82. The van der Waals surface area contributed by atoms with Gasteiger partial charge in [0.25, 0.3) is 0 Å². The van der Waals surface area contributed by atoms with Crippen LogP contribution in [0.3, 0.4) is 0 Å². The number of hydrogen-bond acceptors (Lipinski definition) is 5. The van der Waals surface area contributed by atoms with Gasteiger partial charge in [0.05, 0.1) is 10.7 Å². The van der Waals surface area contributed by atoms with Gasteiger partial charge in [-0.3, -0.25) is 0 Å². The van der Waals surface area contributed by atoms with Crippen LogP contribution in [0.2, 0.25) is 0 Å². The number of anilines is 1. The van der Waals surface area contributed by atoms with Crippen molar-refractivity contribution in [1.29, 1.82) is 5.26 Å². The monoisotopic (exact) mass is 350 g/mol. The number of pyridine rings is 1. The molecule has 0 aromatic carbocycles. The van der Waals surface area contributed by atoms with Crippen molar-refractivity contribution < 1.29 is 4.42 Å². The summed E-state index contributed by atoms with van der Waals surface area (Å²) in [5.41, 5.74) is 0.631. The van der Waals surface area contributed by atoms with Crippen LogP contribution in [0.15, 0.2) is 21.2 Å². The van der Waals surface area contributed by atoms with Crippen LogP contribution in [0.5, 0.6) is 0 Å². The third-order valence-corrected chi connectivity index (χ3v) is 4.14. The molecular formula is C15H19BrN4O. The van der Waals surface area contributed by atoms with Gasteiger partial charge in [0, 0.05) is 17.5 Å². The predicted octanol–water partition coefficient (Wildman–Crippen LogP) is 3.51. The summed E-state index contributed by atoms with van der Waals surface area (Å²) in [5.74, 6) is 1.93. The Kier molecular flexibility index (Phi) is 5.21. The molecule has 0 bridgehead atoms. The minimum Gasteiger partial charge on any atom is -0.444 e. The average molecular weight is 351 g/mol. The van der Waals surface area contributed by atoms with Gasteiger partial charge in [-0.05, 0) is 48.8 Å². The number of aromatic nitrogens is 1. The van der Waals surface area contributed by atoms with Crippen molar-refractivity contribution in [1.82, 2.24) is 10.3 Å². The molecule has 3 rings (SSSR count). The first-order valence-corrected chi connectivity index (χ1v) is 7.71. The van der Waals surface area contributed by atoms with Crippen LogP contribution in [0, 0.1) is 17.2 Å². The van der Waals surface area contributed by atoms with Crippen LogP contribution >= 0.6 is 15.9 Å². The molecule has 1 fully saturated rings. The standard InChI is InChI=1S/C13H12BrN3O.C2H7N/c1-7-2-8(3-7)17-13-12(14)10-4-9(5-15)18-11(10)6-16-13;1-3-2/h4,6-8H,2-3H2,1H3,(H,16,17);3H,1-2H3. The molecule has 1 aliphatic rings. The Labute approximate surface area is 132 Å². The van der Waals surface area contributed by atoms with Crippen molar-refractivity contribution in [2.45, 2.75) is 25.8 Å². The van der Waals surface area contributed by atoms with E-state index >= 15 is 0 Å². The first-order chi connectivity index (χ1) is 10.1. The number of fused-ring (bicyclic) bond motifs is 1. The molecule has 2 N–H and O–H groups in total. The summed E-state index contributed by atoms with van der Waals surface area (Å²) in [6, 6.07) is 4.23. The van der Waals surface area contributed by atoms with Crippen LogP contribution in [0.4, 0.5) is 5.82 Å². The van der Waals surface area contributed by atoms with Crippen LogP contribution in [-0.2, 0) is 0 Å². The molecule has 1 aliphatic carbocycles. The zero-order chi connectivity index (χ0) is 15.4. The molecule has 2 aromatic rings. The van der Waals surface area contributed by atoms with E-state index in [4.69, 9.17) is 9.68 Å². The maximum atomic E-state index is 8.83. The predicted molar refractivity (Wildman–Crippen MR) is 87.2 cm³/mol. The van der Waals surface area contributed by atoms with Crippen molar-refractivity contribution in [3.05, 3.63) is 22.5 Å². The van der Waals surface area contributed by atoms with Gasteiger partial charge in [-0.15, -0.1) is 0 Å². The molecule has 1 saturated carbocycles. The molecule has 2 heterocycles. The summed E-state index contributed by atoms with van der Waals surface area (Å²) in [4.78, 5) is 4.34. The highest BCUT2D eigenvalue weighted by atomic mass is 79.9. The summed E-state index contributed by atoms with van der Waals surface area (Å²) in [7, 11) is 3.75. The fraction of sp³-hybridized carbons (Fsp3) is 0.467. The van der Waals surface area contributed by atoms with Crippen LogP contribution in [0.25, 0.3) is 11.0 Å². The fourth-order valence-corrected chi connectivity index (χ4v) is 2.88. The average Bonchev–Trinajstić information content (AvgIpc) is 2.85. The van der Waals surface area contributed by atoms with Gasteiger partial charge in [-0.2, -0.15) is 5.26 Å². The molecule has 6 heteroatoms. The highest BCUT2D eigenvalue weighted by molar-refractivity contribution is 9.10. The maximum absolute atomic E-state index is 8.83. The third-order valence-electron chi connectivity index (χ3n) is 3.34. The molecule has 0 unspecified atom stereocenters. The van der Waals surface area contributed by atoms with E-state index in [1.165, 1.54) is 12.8 Å². The van der Waals surface area contributed by atoms with Gasteiger partial charge in [0.1, 0.15) is 11.9 Å². The number of nitriles is 1. The van der Waals surface area contributed by atoms with Gasteiger partial charge in [-0.1, -0.05) is 6.92 Å². The number of nitrogens with one attached hydrogen (secondary N) is 2. The summed E-state index contributed by atoms with van der Waals surface area (Å²) in [5, 5.41) is 15.9. The number of furan rings is 1. The highest BCUT2D eigenvalue weighted by Gasteiger charge is 2.26. The first kappa shape index (κ1) is 15.8. The van der Waals surface area contributed by atoms with E-state index in [1.54, 1.807) is 12.3 Å². The summed E-state index contributed by atoms with van der Waals surface area (Å²) in [6.07, 6.45) is 4.02. The molecule has 0 amide bonds. The topological polar surface area (TPSA) is 73.9 Å². The molecule has 0 aliphatic heterocycles. The molecule has 0 saturated heterocycles. The van der Waals surface area contributed by atoms with E-state index in [-0.39, 0.29) is 0 Å². The van der Waals surface area contributed by atoms with E-state index in [1.807, 2.05) is 20.2 Å². The SMILES string of the molecule is CC1CC(Nc2ncc3oc(C#N)cc3c2Br)C1.CNC. The summed E-state index contributed by atoms with van der Waals surface area (Å²) in [6.45, 7) is 2.25. The quantitative estimate of drug-likeness (QED) is 0.866.